The first-order chi connectivity index (χ1) is 13.3. The second kappa shape index (κ2) is 8.82. The zero-order valence-corrected chi connectivity index (χ0v) is 15.8. The molecule has 1 aromatic carbocycles. The van der Waals surface area contributed by atoms with Crippen molar-refractivity contribution in [2.45, 2.75) is 44.4 Å². The van der Waals surface area contributed by atoms with Crippen LogP contribution in [0.15, 0.2) is 28.7 Å². The van der Waals surface area contributed by atoms with Gasteiger partial charge in [0.05, 0.1) is 25.9 Å². The molecule has 7 heteroatoms. The van der Waals surface area contributed by atoms with Crippen LogP contribution in [0.3, 0.4) is 0 Å². The molecule has 2 aromatic rings. The van der Waals surface area contributed by atoms with E-state index in [-0.39, 0.29) is 12.2 Å². The average molecular weight is 373 g/mol. The number of hydrogen-bond acceptors (Lipinski definition) is 7. The minimum atomic E-state index is 0.287. The van der Waals surface area contributed by atoms with Gasteiger partial charge in [0.1, 0.15) is 5.75 Å². The predicted molar refractivity (Wildman–Crippen MR) is 99.5 cm³/mol. The molecule has 0 aliphatic carbocycles. The van der Waals surface area contributed by atoms with Crippen LogP contribution in [0.1, 0.15) is 31.6 Å². The molecule has 2 aliphatic heterocycles. The molecule has 27 heavy (non-hydrogen) atoms. The molecule has 146 valence electrons. The van der Waals surface area contributed by atoms with Gasteiger partial charge in [-0.2, -0.15) is 0 Å². The van der Waals surface area contributed by atoms with E-state index in [1.165, 1.54) is 0 Å². The smallest absolute Gasteiger partial charge is 0.247 e. The quantitative estimate of drug-likeness (QED) is 0.704. The molecule has 2 saturated heterocycles. The van der Waals surface area contributed by atoms with Crippen molar-refractivity contribution in [1.29, 1.82) is 0 Å². The normalized spacial score (nSPS) is 22.6. The molecule has 2 atom stereocenters. The summed E-state index contributed by atoms with van der Waals surface area (Å²) >= 11 is 0. The van der Waals surface area contributed by atoms with Gasteiger partial charge < -0.3 is 18.6 Å². The number of aromatic nitrogens is 2. The monoisotopic (exact) mass is 373 g/mol. The van der Waals surface area contributed by atoms with E-state index < -0.39 is 0 Å². The Morgan fingerprint density at radius 3 is 2.22 bits per heavy atom. The molecular weight excluding hydrogens is 346 g/mol. The summed E-state index contributed by atoms with van der Waals surface area (Å²) in [7, 11) is 1.65. The largest absolute Gasteiger partial charge is 0.497 e. The summed E-state index contributed by atoms with van der Waals surface area (Å²) in [5.41, 5.74) is 0.888. The zero-order chi connectivity index (χ0) is 18.5. The van der Waals surface area contributed by atoms with Crippen LogP contribution < -0.4 is 4.74 Å². The molecule has 1 aromatic heterocycles. The molecule has 0 spiro atoms. The molecule has 2 fully saturated rings. The second-order valence-electron chi connectivity index (χ2n) is 7.19. The average Bonchev–Trinajstić information content (AvgIpc) is 3.45. The van der Waals surface area contributed by atoms with Gasteiger partial charge in [-0.05, 0) is 49.9 Å². The number of rotatable bonds is 8. The second-order valence-corrected chi connectivity index (χ2v) is 7.19. The lowest BCUT2D eigenvalue weighted by atomic mass is 10.2. The van der Waals surface area contributed by atoms with Crippen LogP contribution in [-0.4, -0.2) is 60.7 Å². The third kappa shape index (κ3) is 4.86. The summed E-state index contributed by atoms with van der Waals surface area (Å²) in [5, 5.41) is 8.46. The van der Waals surface area contributed by atoms with Gasteiger partial charge in [0, 0.05) is 31.9 Å². The Morgan fingerprint density at radius 2 is 1.67 bits per heavy atom. The highest BCUT2D eigenvalue weighted by atomic mass is 16.5. The van der Waals surface area contributed by atoms with Crippen molar-refractivity contribution >= 4 is 0 Å². The van der Waals surface area contributed by atoms with Gasteiger partial charge in [-0.1, -0.05) is 0 Å². The van der Waals surface area contributed by atoms with Crippen molar-refractivity contribution in [3.05, 3.63) is 30.2 Å². The molecule has 4 rings (SSSR count). The Morgan fingerprint density at radius 1 is 1.00 bits per heavy atom. The highest BCUT2D eigenvalue weighted by molar-refractivity contribution is 5.53. The maximum atomic E-state index is 5.92. The number of methoxy groups -OCH3 is 1. The van der Waals surface area contributed by atoms with Crippen LogP contribution in [0.4, 0.5) is 0 Å². The third-order valence-corrected chi connectivity index (χ3v) is 5.13. The Kier molecular flexibility index (Phi) is 6.01. The first-order valence-electron chi connectivity index (χ1n) is 9.72. The minimum absolute atomic E-state index is 0.287. The van der Waals surface area contributed by atoms with Gasteiger partial charge in [0.15, 0.2) is 0 Å². The van der Waals surface area contributed by atoms with E-state index in [0.717, 1.165) is 63.3 Å². The lowest BCUT2D eigenvalue weighted by Crippen LogP contribution is -2.37. The maximum absolute atomic E-state index is 5.92. The lowest BCUT2D eigenvalue weighted by Gasteiger charge is -2.26. The van der Waals surface area contributed by atoms with Gasteiger partial charge in [-0.3, -0.25) is 4.90 Å². The van der Waals surface area contributed by atoms with Crippen LogP contribution >= 0.6 is 0 Å². The topological polar surface area (TPSA) is 69.9 Å². The molecule has 0 bridgehead atoms. The van der Waals surface area contributed by atoms with E-state index in [4.69, 9.17) is 18.6 Å². The van der Waals surface area contributed by atoms with E-state index in [9.17, 15) is 0 Å². The summed E-state index contributed by atoms with van der Waals surface area (Å²) in [6.45, 7) is 4.09. The maximum Gasteiger partial charge on any atom is 0.247 e. The van der Waals surface area contributed by atoms with Crippen LogP contribution in [0, 0.1) is 0 Å². The molecule has 0 unspecified atom stereocenters. The van der Waals surface area contributed by atoms with Gasteiger partial charge in [0.2, 0.25) is 11.8 Å². The fraction of sp³-hybridized carbons (Fsp3) is 0.600. The Balaban J connectivity index is 1.42. The van der Waals surface area contributed by atoms with Crippen molar-refractivity contribution in [2.75, 3.05) is 33.4 Å². The molecule has 0 amide bonds. The predicted octanol–water partition coefficient (Wildman–Crippen LogP) is 2.91. The van der Waals surface area contributed by atoms with Crippen molar-refractivity contribution in [2.24, 2.45) is 0 Å². The van der Waals surface area contributed by atoms with Crippen molar-refractivity contribution in [3.63, 3.8) is 0 Å². The first kappa shape index (κ1) is 18.4. The Hall–Kier alpha value is -1.96. The number of benzene rings is 1. The highest BCUT2D eigenvalue weighted by Gasteiger charge is 2.25. The Bertz CT molecular complexity index is 688. The van der Waals surface area contributed by atoms with E-state index in [1.807, 2.05) is 24.3 Å². The SMILES string of the molecule is COc1ccc(-c2nnc(CN(C[C@H]3CCCO3)C[C@H]3CCCO3)o2)cc1. The minimum Gasteiger partial charge on any atom is -0.497 e. The van der Waals surface area contributed by atoms with Gasteiger partial charge in [-0.25, -0.2) is 0 Å². The fourth-order valence-corrected chi connectivity index (χ4v) is 3.72. The molecule has 3 heterocycles. The van der Waals surface area contributed by atoms with Crippen LogP contribution in [0.5, 0.6) is 5.75 Å². The molecule has 0 radical (unpaired) electrons. The van der Waals surface area contributed by atoms with Gasteiger partial charge in [0.25, 0.3) is 0 Å². The van der Waals surface area contributed by atoms with Crippen LogP contribution in [0.2, 0.25) is 0 Å². The number of ether oxygens (including phenoxy) is 3. The summed E-state index contributed by atoms with van der Waals surface area (Å²) in [6.07, 6.45) is 5.08. The fourth-order valence-electron chi connectivity index (χ4n) is 3.72. The Labute approximate surface area is 159 Å². The highest BCUT2D eigenvalue weighted by Crippen LogP contribution is 2.23. The summed E-state index contributed by atoms with van der Waals surface area (Å²) in [5.74, 6) is 1.96. The number of nitrogens with zero attached hydrogens (tertiary/aromatic N) is 3. The molecular formula is C20H27N3O4. The third-order valence-electron chi connectivity index (χ3n) is 5.13. The van der Waals surface area contributed by atoms with E-state index in [1.54, 1.807) is 7.11 Å². The summed E-state index contributed by atoms with van der Waals surface area (Å²) < 4.78 is 22.8. The standard InChI is InChI=1S/C20H27N3O4/c1-24-16-8-6-15(7-9-16)20-22-21-19(27-20)14-23(12-17-4-2-10-25-17)13-18-5-3-11-26-18/h6-9,17-18H,2-5,10-14H2,1H3/t17-,18-/m1/s1. The van der Waals surface area contributed by atoms with Crippen molar-refractivity contribution in [1.82, 2.24) is 15.1 Å². The number of hydrogen-bond donors (Lipinski definition) is 0. The first-order valence-corrected chi connectivity index (χ1v) is 9.72. The van der Waals surface area contributed by atoms with E-state index in [0.29, 0.717) is 18.3 Å². The molecule has 2 aliphatic rings. The molecule has 0 saturated carbocycles. The van der Waals surface area contributed by atoms with Crippen molar-refractivity contribution in [3.8, 4) is 17.2 Å². The van der Waals surface area contributed by atoms with E-state index in [2.05, 4.69) is 15.1 Å². The zero-order valence-electron chi connectivity index (χ0n) is 15.8. The molecule has 0 N–H and O–H groups in total. The van der Waals surface area contributed by atoms with Gasteiger partial charge >= 0.3 is 0 Å². The summed E-state index contributed by atoms with van der Waals surface area (Å²) in [6, 6.07) is 7.63. The molecule has 7 nitrogen and oxygen atoms in total. The van der Waals surface area contributed by atoms with Crippen LogP contribution in [-0.2, 0) is 16.0 Å². The van der Waals surface area contributed by atoms with Crippen molar-refractivity contribution < 1.29 is 18.6 Å². The van der Waals surface area contributed by atoms with E-state index >= 15 is 0 Å². The lowest BCUT2D eigenvalue weighted by molar-refractivity contribution is 0.0316. The van der Waals surface area contributed by atoms with Crippen LogP contribution in [0.25, 0.3) is 11.5 Å². The van der Waals surface area contributed by atoms with Gasteiger partial charge in [-0.15, -0.1) is 10.2 Å². The summed E-state index contributed by atoms with van der Waals surface area (Å²) in [4.78, 5) is 2.33.